The molecule has 0 saturated carbocycles. The lowest BCUT2D eigenvalue weighted by atomic mass is 9.97. The number of anilines is 1. The molecule has 1 N–H and O–H groups in total. The SMILES string of the molecule is CC(C)C(C)C(=O)Nc1ccc(S(=O)(=O)Cl)cc1Cl. The van der Waals surface area contributed by atoms with Gasteiger partial charge in [-0.05, 0) is 24.1 Å². The maximum absolute atomic E-state index is 11.9. The van der Waals surface area contributed by atoms with Crippen molar-refractivity contribution < 1.29 is 13.2 Å². The highest BCUT2D eigenvalue weighted by Gasteiger charge is 2.18. The van der Waals surface area contributed by atoms with E-state index in [4.69, 9.17) is 22.3 Å². The first-order valence-electron chi connectivity index (χ1n) is 5.68. The summed E-state index contributed by atoms with van der Waals surface area (Å²) >= 11 is 5.93. The van der Waals surface area contributed by atoms with Crippen molar-refractivity contribution in [2.75, 3.05) is 5.32 Å². The van der Waals surface area contributed by atoms with Crippen molar-refractivity contribution in [2.24, 2.45) is 11.8 Å². The summed E-state index contributed by atoms with van der Waals surface area (Å²) in [5.74, 6) is -0.146. The van der Waals surface area contributed by atoms with Crippen LogP contribution < -0.4 is 5.32 Å². The number of hydrogen-bond acceptors (Lipinski definition) is 3. The number of nitrogens with one attached hydrogen (secondary N) is 1. The van der Waals surface area contributed by atoms with Crippen LogP contribution in [0.25, 0.3) is 0 Å². The summed E-state index contributed by atoms with van der Waals surface area (Å²) < 4.78 is 22.3. The van der Waals surface area contributed by atoms with Crippen molar-refractivity contribution >= 4 is 42.9 Å². The van der Waals surface area contributed by atoms with Gasteiger partial charge in [-0.1, -0.05) is 32.4 Å². The molecule has 0 aliphatic carbocycles. The maximum Gasteiger partial charge on any atom is 0.261 e. The molecule has 0 radical (unpaired) electrons. The topological polar surface area (TPSA) is 63.2 Å². The molecule has 0 heterocycles. The van der Waals surface area contributed by atoms with Crippen LogP contribution in [-0.4, -0.2) is 14.3 Å². The fraction of sp³-hybridized carbons (Fsp3) is 0.417. The Morgan fingerprint density at radius 2 is 1.84 bits per heavy atom. The molecule has 0 aromatic heterocycles. The van der Waals surface area contributed by atoms with Crippen LogP contribution in [-0.2, 0) is 13.8 Å². The monoisotopic (exact) mass is 323 g/mol. The number of hydrogen-bond donors (Lipinski definition) is 1. The van der Waals surface area contributed by atoms with Gasteiger partial charge in [-0.25, -0.2) is 8.42 Å². The minimum Gasteiger partial charge on any atom is -0.325 e. The molecule has 0 aliphatic rings. The molecular weight excluding hydrogens is 309 g/mol. The molecule has 0 saturated heterocycles. The van der Waals surface area contributed by atoms with Crippen LogP contribution in [0, 0.1) is 11.8 Å². The summed E-state index contributed by atoms with van der Waals surface area (Å²) in [6, 6.07) is 3.92. The van der Waals surface area contributed by atoms with E-state index in [1.165, 1.54) is 18.2 Å². The van der Waals surface area contributed by atoms with Gasteiger partial charge in [-0.15, -0.1) is 0 Å². The van der Waals surface area contributed by atoms with Gasteiger partial charge in [0.15, 0.2) is 0 Å². The van der Waals surface area contributed by atoms with Crippen LogP contribution in [0.15, 0.2) is 23.1 Å². The lowest BCUT2D eigenvalue weighted by Crippen LogP contribution is -2.24. The number of carbonyl (C=O) groups excluding carboxylic acids is 1. The number of rotatable bonds is 4. The molecular formula is C12H15Cl2NO3S. The molecule has 7 heteroatoms. The first-order chi connectivity index (χ1) is 8.62. The third-order valence-corrected chi connectivity index (χ3v) is 4.56. The van der Waals surface area contributed by atoms with Gasteiger partial charge in [0, 0.05) is 16.6 Å². The van der Waals surface area contributed by atoms with Crippen molar-refractivity contribution in [2.45, 2.75) is 25.7 Å². The Morgan fingerprint density at radius 1 is 1.26 bits per heavy atom. The third-order valence-electron chi connectivity index (χ3n) is 2.89. The lowest BCUT2D eigenvalue weighted by Gasteiger charge is -2.16. The van der Waals surface area contributed by atoms with Crippen LogP contribution in [0.1, 0.15) is 20.8 Å². The van der Waals surface area contributed by atoms with Gasteiger partial charge in [0.05, 0.1) is 15.6 Å². The Morgan fingerprint density at radius 3 is 2.26 bits per heavy atom. The van der Waals surface area contributed by atoms with Gasteiger partial charge in [-0.3, -0.25) is 4.79 Å². The van der Waals surface area contributed by atoms with Gasteiger partial charge < -0.3 is 5.32 Å². The van der Waals surface area contributed by atoms with Crippen molar-refractivity contribution in [3.8, 4) is 0 Å². The van der Waals surface area contributed by atoms with Gasteiger partial charge in [0.25, 0.3) is 9.05 Å². The van der Waals surface area contributed by atoms with E-state index in [9.17, 15) is 13.2 Å². The van der Waals surface area contributed by atoms with Crippen molar-refractivity contribution in [1.82, 2.24) is 0 Å². The van der Waals surface area contributed by atoms with Gasteiger partial charge in [0.2, 0.25) is 5.91 Å². The minimum atomic E-state index is -3.83. The van der Waals surface area contributed by atoms with Crippen molar-refractivity contribution in [3.63, 3.8) is 0 Å². The molecule has 1 unspecified atom stereocenters. The van der Waals surface area contributed by atoms with E-state index >= 15 is 0 Å². The van der Waals surface area contributed by atoms with Crippen LogP contribution in [0.2, 0.25) is 5.02 Å². The second-order valence-electron chi connectivity index (χ2n) is 4.60. The molecule has 19 heavy (non-hydrogen) atoms. The summed E-state index contributed by atoms with van der Waals surface area (Å²) in [6.07, 6.45) is 0. The molecule has 0 bridgehead atoms. The van der Waals surface area contributed by atoms with E-state index in [-0.39, 0.29) is 27.7 Å². The van der Waals surface area contributed by atoms with Gasteiger partial charge in [0.1, 0.15) is 0 Å². The Balaban J connectivity index is 2.96. The standard InChI is InChI=1S/C12H15Cl2NO3S/c1-7(2)8(3)12(16)15-11-5-4-9(6-10(11)13)19(14,17)18/h4-8H,1-3H3,(H,15,16). The summed E-state index contributed by atoms with van der Waals surface area (Å²) in [7, 11) is 1.38. The predicted molar refractivity (Wildman–Crippen MR) is 77.1 cm³/mol. The van der Waals surface area contributed by atoms with Crippen LogP contribution in [0.5, 0.6) is 0 Å². The molecule has 1 aromatic rings. The number of halogens is 2. The van der Waals surface area contributed by atoms with E-state index in [0.717, 1.165) is 0 Å². The quantitative estimate of drug-likeness (QED) is 0.862. The third kappa shape index (κ3) is 4.37. The fourth-order valence-electron chi connectivity index (χ4n) is 1.30. The Labute approximate surface area is 122 Å². The normalized spacial score (nSPS) is 13.4. The van der Waals surface area contributed by atoms with Gasteiger partial charge in [-0.2, -0.15) is 0 Å². The molecule has 0 aliphatic heterocycles. The number of benzene rings is 1. The number of carbonyl (C=O) groups is 1. The molecule has 4 nitrogen and oxygen atoms in total. The molecule has 0 spiro atoms. The molecule has 1 rings (SSSR count). The van der Waals surface area contributed by atoms with E-state index in [1.54, 1.807) is 0 Å². The second-order valence-corrected chi connectivity index (χ2v) is 7.57. The van der Waals surface area contributed by atoms with Crippen molar-refractivity contribution in [3.05, 3.63) is 23.2 Å². The van der Waals surface area contributed by atoms with E-state index < -0.39 is 9.05 Å². The van der Waals surface area contributed by atoms with Crippen LogP contribution in [0.4, 0.5) is 5.69 Å². The Bertz CT molecular complexity index is 585. The first-order valence-corrected chi connectivity index (χ1v) is 8.36. The Hall–Kier alpha value is -0.780. The summed E-state index contributed by atoms with van der Waals surface area (Å²) in [4.78, 5) is 11.8. The lowest BCUT2D eigenvalue weighted by molar-refractivity contribution is -0.120. The van der Waals surface area contributed by atoms with Crippen LogP contribution in [0.3, 0.4) is 0 Å². The van der Waals surface area contributed by atoms with E-state index in [1.807, 2.05) is 20.8 Å². The molecule has 106 valence electrons. The minimum absolute atomic E-state index is 0.103. The molecule has 1 amide bonds. The fourth-order valence-corrected chi connectivity index (χ4v) is 2.37. The highest BCUT2D eigenvalue weighted by Crippen LogP contribution is 2.27. The van der Waals surface area contributed by atoms with E-state index in [2.05, 4.69) is 5.32 Å². The average molecular weight is 324 g/mol. The maximum atomic E-state index is 11.9. The highest BCUT2D eigenvalue weighted by molar-refractivity contribution is 8.13. The summed E-state index contributed by atoms with van der Waals surface area (Å²) in [5, 5.41) is 2.79. The highest BCUT2D eigenvalue weighted by atomic mass is 35.7. The zero-order chi connectivity index (χ0) is 14.8. The van der Waals surface area contributed by atoms with Crippen molar-refractivity contribution in [1.29, 1.82) is 0 Å². The molecule has 0 fully saturated rings. The van der Waals surface area contributed by atoms with Gasteiger partial charge >= 0.3 is 0 Å². The predicted octanol–water partition coefficient (Wildman–Crippen LogP) is 3.50. The molecule has 1 aromatic carbocycles. The zero-order valence-corrected chi connectivity index (χ0v) is 13.1. The smallest absolute Gasteiger partial charge is 0.261 e. The van der Waals surface area contributed by atoms with E-state index in [0.29, 0.717) is 5.69 Å². The number of amides is 1. The zero-order valence-electron chi connectivity index (χ0n) is 10.8. The molecule has 1 atom stereocenters. The second kappa shape index (κ2) is 6.11. The Kier molecular flexibility index (Phi) is 5.24. The summed E-state index contributed by atoms with van der Waals surface area (Å²) in [5.41, 5.74) is 0.364. The average Bonchev–Trinajstić information content (AvgIpc) is 2.29. The van der Waals surface area contributed by atoms with Crippen LogP contribution >= 0.6 is 22.3 Å². The summed E-state index contributed by atoms with van der Waals surface area (Å²) in [6.45, 7) is 5.69. The first kappa shape index (κ1) is 16.3. The largest absolute Gasteiger partial charge is 0.325 e.